The molecule has 6 nitrogen and oxygen atoms in total. The summed E-state index contributed by atoms with van der Waals surface area (Å²) >= 11 is 0. The fourth-order valence-corrected chi connectivity index (χ4v) is 4.83. The highest BCUT2D eigenvalue weighted by Crippen LogP contribution is 2.52. The molecule has 1 aromatic carbocycles. The summed E-state index contributed by atoms with van der Waals surface area (Å²) in [6.45, 7) is 7.47. The summed E-state index contributed by atoms with van der Waals surface area (Å²) in [5.41, 5.74) is 0.549. The third kappa shape index (κ3) is 2.85. The van der Waals surface area contributed by atoms with Crippen LogP contribution in [0.3, 0.4) is 0 Å². The standard InChI is InChI=1S/C18H24N2O4/c1-17(2)8-13-9-18(3,10-17)11-19(13)16(21)12-5-6-15(24-4)14(7-12)20(22)23/h5-7,13H,8-11H2,1-4H3/t13-,18-/m1/s1. The van der Waals surface area contributed by atoms with Gasteiger partial charge in [-0.05, 0) is 42.2 Å². The fraction of sp³-hybridized carbons (Fsp3) is 0.611. The second-order valence-electron chi connectivity index (χ2n) is 8.29. The lowest BCUT2D eigenvalue weighted by Gasteiger charge is -2.39. The Hall–Kier alpha value is -2.11. The Bertz CT molecular complexity index is 700. The van der Waals surface area contributed by atoms with Crippen LogP contribution in [0, 0.1) is 20.9 Å². The van der Waals surface area contributed by atoms with Crippen LogP contribution in [-0.4, -0.2) is 35.4 Å². The summed E-state index contributed by atoms with van der Waals surface area (Å²) in [7, 11) is 1.39. The Labute approximate surface area is 141 Å². The summed E-state index contributed by atoms with van der Waals surface area (Å²) < 4.78 is 5.01. The lowest BCUT2D eigenvalue weighted by molar-refractivity contribution is -0.385. The van der Waals surface area contributed by atoms with E-state index in [1.165, 1.54) is 19.2 Å². The highest BCUT2D eigenvalue weighted by atomic mass is 16.6. The molecule has 2 fully saturated rings. The number of ether oxygens (including phenoxy) is 1. The van der Waals surface area contributed by atoms with Gasteiger partial charge < -0.3 is 9.64 Å². The monoisotopic (exact) mass is 332 g/mol. The summed E-state index contributed by atoms with van der Waals surface area (Å²) in [4.78, 5) is 25.6. The van der Waals surface area contributed by atoms with Crippen molar-refractivity contribution in [2.45, 2.75) is 46.1 Å². The van der Waals surface area contributed by atoms with Crippen molar-refractivity contribution < 1.29 is 14.5 Å². The smallest absolute Gasteiger partial charge is 0.311 e. The van der Waals surface area contributed by atoms with Gasteiger partial charge in [-0.15, -0.1) is 0 Å². The second kappa shape index (κ2) is 5.46. The number of rotatable bonds is 3. The van der Waals surface area contributed by atoms with Gasteiger partial charge in [0.05, 0.1) is 12.0 Å². The van der Waals surface area contributed by atoms with Gasteiger partial charge in [0.25, 0.3) is 5.91 Å². The first-order chi connectivity index (χ1) is 11.1. The molecule has 2 atom stereocenters. The maximum Gasteiger partial charge on any atom is 0.311 e. The van der Waals surface area contributed by atoms with Gasteiger partial charge in [0.1, 0.15) is 0 Å². The molecule has 24 heavy (non-hydrogen) atoms. The Morgan fingerprint density at radius 3 is 2.67 bits per heavy atom. The molecule has 0 spiro atoms. The van der Waals surface area contributed by atoms with E-state index < -0.39 is 4.92 Å². The van der Waals surface area contributed by atoms with Crippen molar-refractivity contribution in [3.63, 3.8) is 0 Å². The van der Waals surface area contributed by atoms with Crippen molar-refractivity contribution >= 4 is 11.6 Å². The van der Waals surface area contributed by atoms with E-state index in [4.69, 9.17) is 4.74 Å². The van der Waals surface area contributed by atoms with Crippen molar-refractivity contribution in [3.8, 4) is 5.75 Å². The van der Waals surface area contributed by atoms with E-state index in [1.807, 2.05) is 4.90 Å². The molecule has 0 N–H and O–H groups in total. The van der Waals surface area contributed by atoms with Crippen LogP contribution >= 0.6 is 0 Å². The molecule has 3 rings (SSSR count). The van der Waals surface area contributed by atoms with Crippen molar-refractivity contribution in [1.82, 2.24) is 4.90 Å². The Kier molecular flexibility index (Phi) is 3.81. The molecule has 1 amide bonds. The molecule has 1 saturated carbocycles. The van der Waals surface area contributed by atoms with Gasteiger partial charge >= 0.3 is 5.69 Å². The molecule has 2 aliphatic rings. The SMILES string of the molecule is COc1ccc(C(=O)N2C[C@]3(C)C[C@H]2CC(C)(C)C3)cc1[N+](=O)[O-]. The van der Waals surface area contributed by atoms with Crippen LogP contribution in [-0.2, 0) is 0 Å². The summed E-state index contributed by atoms with van der Waals surface area (Å²) in [5, 5.41) is 11.2. The first-order valence-corrected chi connectivity index (χ1v) is 8.28. The zero-order valence-corrected chi connectivity index (χ0v) is 14.7. The first kappa shape index (κ1) is 16.7. The molecule has 1 heterocycles. The number of hydrogen-bond acceptors (Lipinski definition) is 4. The zero-order chi connectivity index (χ0) is 17.7. The average molecular weight is 332 g/mol. The van der Waals surface area contributed by atoms with E-state index in [-0.39, 0.29) is 34.2 Å². The van der Waals surface area contributed by atoms with Gasteiger partial charge in [-0.2, -0.15) is 0 Å². The second-order valence-corrected chi connectivity index (χ2v) is 8.29. The molecule has 0 unspecified atom stereocenters. The largest absolute Gasteiger partial charge is 0.490 e. The van der Waals surface area contributed by atoms with Crippen LogP contribution in [0.2, 0.25) is 0 Å². The molecule has 6 heteroatoms. The Morgan fingerprint density at radius 2 is 2.04 bits per heavy atom. The van der Waals surface area contributed by atoms with Crippen LogP contribution in [0.4, 0.5) is 5.69 Å². The fourth-order valence-electron chi connectivity index (χ4n) is 4.83. The number of carbonyl (C=O) groups excluding carboxylic acids is 1. The Morgan fingerprint density at radius 1 is 1.33 bits per heavy atom. The minimum absolute atomic E-state index is 0.118. The normalized spacial score (nSPS) is 27.8. The highest BCUT2D eigenvalue weighted by Gasteiger charge is 2.51. The highest BCUT2D eigenvalue weighted by molar-refractivity contribution is 5.95. The third-order valence-electron chi connectivity index (χ3n) is 5.30. The number of nitrogens with zero attached hydrogens (tertiary/aromatic N) is 2. The van der Waals surface area contributed by atoms with Gasteiger partial charge in [-0.1, -0.05) is 20.8 Å². The predicted molar refractivity (Wildman–Crippen MR) is 90.2 cm³/mol. The number of nitro groups is 1. The van der Waals surface area contributed by atoms with Gasteiger partial charge in [-0.25, -0.2) is 0 Å². The van der Waals surface area contributed by atoms with Gasteiger partial charge in [0, 0.05) is 24.2 Å². The quantitative estimate of drug-likeness (QED) is 0.625. The van der Waals surface area contributed by atoms with Gasteiger partial charge in [-0.3, -0.25) is 14.9 Å². The van der Waals surface area contributed by atoms with Crippen LogP contribution in [0.5, 0.6) is 5.75 Å². The maximum absolute atomic E-state index is 13.0. The van der Waals surface area contributed by atoms with E-state index >= 15 is 0 Å². The number of carbonyl (C=O) groups is 1. The summed E-state index contributed by atoms with van der Waals surface area (Å²) in [6.07, 6.45) is 3.09. The molecule has 130 valence electrons. The summed E-state index contributed by atoms with van der Waals surface area (Å²) in [6, 6.07) is 4.66. The minimum atomic E-state index is -0.512. The van der Waals surface area contributed by atoms with Crippen molar-refractivity contribution in [1.29, 1.82) is 0 Å². The van der Waals surface area contributed by atoms with E-state index in [2.05, 4.69) is 20.8 Å². The number of fused-ring (bicyclic) bond motifs is 2. The lowest BCUT2D eigenvalue weighted by Crippen LogP contribution is -2.37. The third-order valence-corrected chi connectivity index (χ3v) is 5.30. The molecule has 0 radical (unpaired) electrons. The van der Waals surface area contributed by atoms with Gasteiger partial charge in [0.15, 0.2) is 5.75 Å². The number of likely N-dealkylation sites (tertiary alicyclic amines) is 1. The molecule has 1 aromatic rings. The molecular formula is C18H24N2O4. The molecule has 1 aliphatic carbocycles. The number of methoxy groups -OCH3 is 1. The van der Waals surface area contributed by atoms with E-state index in [0.29, 0.717) is 5.56 Å². The summed E-state index contributed by atoms with van der Waals surface area (Å²) in [5.74, 6) is 0.0528. The molecule has 1 aliphatic heterocycles. The van der Waals surface area contributed by atoms with Crippen LogP contribution < -0.4 is 4.74 Å². The van der Waals surface area contributed by atoms with E-state index in [1.54, 1.807) is 6.07 Å². The van der Waals surface area contributed by atoms with Gasteiger partial charge in [0.2, 0.25) is 0 Å². The molecule has 1 saturated heterocycles. The number of nitro benzene ring substituents is 1. The first-order valence-electron chi connectivity index (χ1n) is 8.28. The number of benzene rings is 1. The van der Waals surface area contributed by atoms with E-state index in [9.17, 15) is 14.9 Å². The topological polar surface area (TPSA) is 72.7 Å². The predicted octanol–water partition coefficient (Wildman–Crippen LogP) is 3.64. The number of hydrogen-bond donors (Lipinski definition) is 0. The lowest BCUT2D eigenvalue weighted by atomic mass is 9.65. The van der Waals surface area contributed by atoms with Crippen molar-refractivity contribution in [2.24, 2.45) is 10.8 Å². The number of amides is 1. The maximum atomic E-state index is 13.0. The van der Waals surface area contributed by atoms with Crippen LogP contribution in [0.1, 0.15) is 50.4 Å². The van der Waals surface area contributed by atoms with E-state index in [0.717, 1.165) is 25.8 Å². The zero-order valence-electron chi connectivity index (χ0n) is 14.7. The average Bonchev–Trinajstić information content (AvgIpc) is 2.74. The van der Waals surface area contributed by atoms with Crippen molar-refractivity contribution in [2.75, 3.05) is 13.7 Å². The molecule has 0 aromatic heterocycles. The molecular weight excluding hydrogens is 308 g/mol. The Balaban J connectivity index is 1.90. The van der Waals surface area contributed by atoms with Crippen LogP contribution in [0.25, 0.3) is 0 Å². The van der Waals surface area contributed by atoms with Crippen LogP contribution in [0.15, 0.2) is 18.2 Å². The minimum Gasteiger partial charge on any atom is -0.490 e. The van der Waals surface area contributed by atoms with Crippen molar-refractivity contribution in [3.05, 3.63) is 33.9 Å². The molecule has 2 bridgehead atoms.